The van der Waals surface area contributed by atoms with E-state index < -0.39 is 0 Å². The maximum absolute atomic E-state index is 12.9. The second-order valence-electron chi connectivity index (χ2n) is 8.28. The van der Waals surface area contributed by atoms with Crippen molar-refractivity contribution < 1.29 is 4.79 Å². The molecular weight excluding hydrogens is 388 g/mol. The highest BCUT2D eigenvalue weighted by Gasteiger charge is 2.28. The zero-order valence-electron chi connectivity index (χ0n) is 19.8. The molecule has 7 nitrogen and oxygen atoms in total. The summed E-state index contributed by atoms with van der Waals surface area (Å²) < 4.78 is 2.07. The van der Waals surface area contributed by atoms with Gasteiger partial charge in [0.05, 0.1) is 17.9 Å². The number of likely N-dealkylation sites (N-methyl/N-ethyl adjacent to an activating group) is 1. The Labute approximate surface area is 187 Å². The Morgan fingerprint density at radius 2 is 1.81 bits per heavy atom. The molecular formula is C24H38N6O. The molecule has 3 rings (SSSR count). The first-order chi connectivity index (χ1) is 15.0. The van der Waals surface area contributed by atoms with Crippen LogP contribution in [0, 0.1) is 6.92 Å². The van der Waals surface area contributed by atoms with E-state index in [1.807, 2.05) is 30.0 Å². The van der Waals surface area contributed by atoms with E-state index in [9.17, 15) is 4.79 Å². The lowest BCUT2D eigenvalue weighted by molar-refractivity contribution is 0.174. The SMILES string of the molecule is CCNC(=O)N(Cc1c(C)nn(-c2ccccc2)c1N1CCN(CC)CC1)C(C)CC. The molecule has 0 spiro atoms. The molecule has 1 aliphatic heterocycles. The smallest absolute Gasteiger partial charge is 0.317 e. The molecule has 0 bridgehead atoms. The number of benzene rings is 1. The van der Waals surface area contributed by atoms with E-state index in [0.717, 1.165) is 61.9 Å². The Kier molecular flexibility index (Phi) is 7.96. The van der Waals surface area contributed by atoms with Gasteiger partial charge in [-0.05, 0) is 45.9 Å². The predicted molar refractivity (Wildman–Crippen MR) is 127 cm³/mol. The molecule has 31 heavy (non-hydrogen) atoms. The van der Waals surface area contributed by atoms with Crippen LogP contribution in [0.3, 0.4) is 0 Å². The van der Waals surface area contributed by atoms with E-state index in [2.05, 4.69) is 59.6 Å². The molecule has 7 heteroatoms. The average Bonchev–Trinajstić information content (AvgIpc) is 3.13. The number of hydrogen-bond donors (Lipinski definition) is 1. The van der Waals surface area contributed by atoms with Crippen molar-refractivity contribution in [1.82, 2.24) is 24.9 Å². The molecule has 1 aromatic carbocycles. The number of carbonyl (C=O) groups excluding carboxylic acids is 1. The number of rotatable bonds is 8. The molecule has 0 saturated carbocycles. The molecule has 1 unspecified atom stereocenters. The number of aryl methyl sites for hydroxylation is 1. The quantitative estimate of drug-likeness (QED) is 0.700. The highest BCUT2D eigenvalue weighted by molar-refractivity contribution is 5.75. The van der Waals surface area contributed by atoms with E-state index in [0.29, 0.717) is 13.1 Å². The molecule has 1 aromatic heterocycles. The minimum atomic E-state index is -0.00883. The van der Waals surface area contributed by atoms with Gasteiger partial charge in [-0.25, -0.2) is 9.48 Å². The number of aromatic nitrogens is 2. The van der Waals surface area contributed by atoms with Crippen LogP contribution in [-0.2, 0) is 6.54 Å². The number of carbonyl (C=O) groups is 1. The van der Waals surface area contributed by atoms with Crippen molar-refractivity contribution in [3.8, 4) is 5.69 Å². The van der Waals surface area contributed by atoms with E-state index in [1.165, 1.54) is 0 Å². The molecule has 1 aliphatic rings. The molecule has 2 aromatic rings. The van der Waals surface area contributed by atoms with Crippen LogP contribution in [0.4, 0.5) is 10.6 Å². The van der Waals surface area contributed by atoms with Crippen LogP contribution in [0.5, 0.6) is 0 Å². The summed E-state index contributed by atoms with van der Waals surface area (Å²) in [5, 5.41) is 7.93. The Hall–Kier alpha value is -2.54. The summed E-state index contributed by atoms with van der Waals surface area (Å²) in [6.07, 6.45) is 0.910. The van der Waals surface area contributed by atoms with Gasteiger partial charge in [-0.2, -0.15) is 5.10 Å². The van der Waals surface area contributed by atoms with Crippen molar-refractivity contribution in [2.45, 2.75) is 53.6 Å². The van der Waals surface area contributed by atoms with Crippen molar-refractivity contribution in [2.75, 3.05) is 44.2 Å². The normalized spacial score (nSPS) is 15.7. The number of para-hydroxylation sites is 1. The fourth-order valence-corrected chi connectivity index (χ4v) is 4.15. The Balaban J connectivity index is 2.02. The second kappa shape index (κ2) is 10.7. The van der Waals surface area contributed by atoms with Gasteiger partial charge in [0.25, 0.3) is 0 Å². The summed E-state index contributed by atoms with van der Waals surface area (Å²) in [7, 11) is 0. The van der Waals surface area contributed by atoms with Crippen LogP contribution in [0.15, 0.2) is 30.3 Å². The summed E-state index contributed by atoms with van der Waals surface area (Å²) in [4.78, 5) is 19.7. The van der Waals surface area contributed by atoms with Gasteiger partial charge >= 0.3 is 6.03 Å². The standard InChI is InChI=1S/C24H38N6O/c1-6-19(4)29(24(31)25-7-2)18-22-20(5)26-30(21-12-10-9-11-13-21)23(22)28-16-14-27(8-3)15-17-28/h9-13,19H,6-8,14-18H2,1-5H3,(H,25,31). The lowest BCUT2D eigenvalue weighted by Crippen LogP contribution is -2.48. The first-order valence-electron chi connectivity index (χ1n) is 11.7. The summed E-state index contributed by atoms with van der Waals surface area (Å²) in [6, 6.07) is 10.5. The fourth-order valence-electron chi connectivity index (χ4n) is 4.15. The first-order valence-corrected chi connectivity index (χ1v) is 11.7. The minimum Gasteiger partial charge on any atom is -0.354 e. The van der Waals surface area contributed by atoms with Gasteiger partial charge in [0.15, 0.2) is 0 Å². The molecule has 0 aliphatic carbocycles. The maximum Gasteiger partial charge on any atom is 0.317 e. The molecule has 1 fully saturated rings. The predicted octanol–water partition coefficient (Wildman–Crippen LogP) is 3.65. The third-order valence-electron chi connectivity index (χ3n) is 6.32. The summed E-state index contributed by atoms with van der Waals surface area (Å²) >= 11 is 0. The van der Waals surface area contributed by atoms with Gasteiger partial charge < -0.3 is 20.0 Å². The van der Waals surface area contributed by atoms with Crippen LogP contribution in [0.25, 0.3) is 5.69 Å². The average molecular weight is 427 g/mol. The van der Waals surface area contributed by atoms with Crippen LogP contribution < -0.4 is 10.2 Å². The highest BCUT2D eigenvalue weighted by Crippen LogP contribution is 2.30. The van der Waals surface area contributed by atoms with Crippen LogP contribution >= 0.6 is 0 Å². The zero-order chi connectivity index (χ0) is 22.4. The van der Waals surface area contributed by atoms with Gasteiger partial charge in [-0.15, -0.1) is 0 Å². The number of nitrogens with zero attached hydrogens (tertiary/aromatic N) is 5. The van der Waals surface area contributed by atoms with Crippen molar-refractivity contribution in [1.29, 1.82) is 0 Å². The van der Waals surface area contributed by atoms with Gasteiger partial charge in [0, 0.05) is 44.3 Å². The van der Waals surface area contributed by atoms with Gasteiger partial charge in [-0.3, -0.25) is 0 Å². The Morgan fingerprint density at radius 1 is 1.13 bits per heavy atom. The van der Waals surface area contributed by atoms with Crippen LogP contribution in [0.2, 0.25) is 0 Å². The molecule has 2 heterocycles. The fraction of sp³-hybridized carbons (Fsp3) is 0.583. The molecule has 0 radical (unpaired) electrons. The number of piperazine rings is 1. The van der Waals surface area contributed by atoms with E-state index in [-0.39, 0.29) is 12.1 Å². The molecule has 2 amide bonds. The molecule has 1 N–H and O–H groups in total. The van der Waals surface area contributed by atoms with E-state index in [1.54, 1.807) is 0 Å². The van der Waals surface area contributed by atoms with Gasteiger partial charge in [0.2, 0.25) is 0 Å². The Bertz CT molecular complexity index is 841. The minimum absolute atomic E-state index is 0.00883. The summed E-state index contributed by atoms with van der Waals surface area (Å²) in [6.45, 7) is 16.8. The number of amides is 2. The number of nitrogens with one attached hydrogen (secondary N) is 1. The van der Waals surface area contributed by atoms with Crippen molar-refractivity contribution in [2.24, 2.45) is 0 Å². The van der Waals surface area contributed by atoms with E-state index in [4.69, 9.17) is 5.10 Å². The Morgan fingerprint density at radius 3 is 2.39 bits per heavy atom. The van der Waals surface area contributed by atoms with Gasteiger partial charge in [-0.1, -0.05) is 32.0 Å². The molecule has 1 saturated heterocycles. The van der Waals surface area contributed by atoms with Crippen molar-refractivity contribution in [3.63, 3.8) is 0 Å². The summed E-state index contributed by atoms with van der Waals surface area (Å²) in [5.41, 5.74) is 3.17. The topological polar surface area (TPSA) is 56.6 Å². The van der Waals surface area contributed by atoms with E-state index >= 15 is 0 Å². The second-order valence-corrected chi connectivity index (χ2v) is 8.28. The number of urea groups is 1. The molecule has 1 atom stereocenters. The summed E-state index contributed by atoms with van der Waals surface area (Å²) in [5.74, 6) is 1.12. The zero-order valence-corrected chi connectivity index (χ0v) is 19.8. The molecule has 170 valence electrons. The number of hydrogen-bond acceptors (Lipinski definition) is 4. The third-order valence-corrected chi connectivity index (χ3v) is 6.32. The monoisotopic (exact) mass is 426 g/mol. The number of anilines is 1. The lowest BCUT2D eigenvalue weighted by Gasteiger charge is -2.37. The van der Waals surface area contributed by atoms with Crippen molar-refractivity contribution in [3.05, 3.63) is 41.6 Å². The van der Waals surface area contributed by atoms with Crippen LogP contribution in [-0.4, -0.2) is 70.9 Å². The maximum atomic E-state index is 12.9. The lowest BCUT2D eigenvalue weighted by atomic mass is 10.1. The first kappa shape index (κ1) is 23.1. The largest absolute Gasteiger partial charge is 0.354 e. The highest BCUT2D eigenvalue weighted by atomic mass is 16.2. The van der Waals surface area contributed by atoms with Gasteiger partial charge in [0.1, 0.15) is 5.82 Å². The third kappa shape index (κ3) is 5.21. The van der Waals surface area contributed by atoms with Crippen molar-refractivity contribution >= 4 is 11.8 Å². The van der Waals surface area contributed by atoms with Crippen LogP contribution in [0.1, 0.15) is 45.4 Å².